The fourth-order valence-corrected chi connectivity index (χ4v) is 1.03. The summed E-state index contributed by atoms with van der Waals surface area (Å²) in [6.07, 6.45) is 3.23. The number of pyridine rings is 1. The van der Waals surface area contributed by atoms with Gasteiger partial charge in [0.1, 0.15) is 0 Å². The van der Waals surface area contributed by atoms with Crippen molar-refractivity contribution in [3.63, 3.8) is 0 Å². The predicted octanol–water partition coefficient (Wildman–Crippen LogP) is -3.06. The van der Waals surface area contributed by atoms with Crippen LogP contribution in [0, 0.1) is 0 Å². The topological polar surface area (TPSA) is 56.5 Å². The number of methoxy groups -OCH3 is 2. The van der Waals surface area contributed by atoms with Gasteiger partial charge in [0.15, 0.2) is 12.4 Å². The van der Waals surface area contributed by atoms with E-state index in [1.54, 1.807) is 29.1 Å². The summed E-state index contributed by atoms with van der Waals surface area (Å²) in [5, 5.41) is 0. The van der Waals surface area contributed by atoms with Gasteiger partial charge in [-0.15, -0.1) is 0 Å². The lowest BCUT2D eigenvalue weighted by molar-refractivity contribution is -0.685. The van der Waals surface area contributed by atoms with Crippen molar-refractivity contribution in [2.45, 2.75) is 6.54 Å². The van der Waals surface area contributed by atoms with Crippen LogP contribution in [0.2, 0.25) is 0 Å². The van der Waals surface area contributed by atoms with Crippen LogP contribution >= 0.6 is 0 Å². The number of ether oxygens (including phenoxy) is 2. The molecule has 0 N–H and O–H groups in total. The van der Waals surface area contributed by atoms with E-state index >= 15 is 0 Å². The summed E-state index contributed by atoms with van der Waals surface area (Å²) in [6.45, 7) is 0.123. The lowest BCUT2D eigenvalue weighted by atomic mass is 10.3. The van der Waals surface area contributed by atoms with Crippen molar-refractivity contribution in [3.05, 3.63) is 30.1 Å². The van der Waals surface area contributed by atoms with Crippen molar-refractivity contribution >= 4 is 11.9 Å². The zero-order chi connectivity index (χ0) is 11.3. The second kappa shape index (κ2) is 6.95. The van der Waals surface area contributed by atoms with Crippen molar-refractivity contribution < 1.29 is 40.6 Å². The number of aromatic nitrogens is 1. The van der Waals surface area contributed by atoms with Crippen LogP contribution in [0.3, 0.4) is 0 Å². The quantitative estimate of drug-likeness (QED) is 0.438. The van der Waals surface area contributed by atoms with Gasteiger partial charge in [-0.3, -0.25) is 0 Å². The Bertz CT molecular complexity index is 364. The molecule has 0 radical (unpaired) electrons. The van der Waals surface area contributed by atoms with Crippen LogP contribution in [0.4, 0.5) is 0 Å². The number of carbonyl (C=O) groups is 2. The van der Waals surface area contributed by atoms with Crippen molar-refractivity contribution in [1.29, 1.82) is 0 Å². The lowest BCUT2D eigenvalue weighted by Gasteiger charge is -1.98. The number of halogens is 1. The van der Waals surface area contributed by atoms with E-state index in [0.29, 0.717) is 5.56 Å². The van der Waals surface area contributed by atoms with Gasteiger partial charge < -0.3 is 26.5 Å². The molecule has 0 aliphatic rings. The van der Waals surface area contributed by atoms with E-state index < -0.39 is 5.97 Å². The number of hydrogen-bond acceptors (Lipinski definition) is 4. The molecule has 0 aromatic carbocycles. The van der Waals surface area contributed by atoms with Crippen molar-refractivity contribution in [3.8, 4) is 0 Å². The number of nitrogens with zero attached hydrogens (tertiary/aromatic N) is 1. The molecule has 16 heavy (non-hydrogen) atoms. The summed E-state index contributed by atoms with van der Waals surface area (Å²) in [4.78, 5) is 22.0. The molecule has 6 heteroatoms. The van der Waals surface area contributed by atoms with Gasteiger partial charge in [-0.05, 0) is 0 Å². The largest absolute Gasteiger partial charge is 1.00 e. The first kappa shape index (κ1) is 14.6. The summed E-state index contributed by atoms with van der Waals surface area (Å²) < 4.78 is 10.6. The zero-order valence-electron chi connectivity index (χ0n) is 8.97. The van der Waals surface area contributed by atoms with E-state index in [0.717, 1.165) is 0 Å². The molecule has 1 aromatic heterocycles. The lowest BCUT2D eigenvalue weighted by Crippen LogP contribution is -3.00. The maximum atomic E-state index is 11.1. The molecule has 5 nitrogen and oxygen atoms in total. The highest BCUT2D eigenvalue weighted by molar-refractivity contribution is 5.88. The molecule has 0 aliphatic carbocycles. The van der Waals surface area contributed by atoms with Crippen LogP contribution in [0.25, 0.3) is 0 Å². The van der Waals surface area contributed by atoms with Crippen molar-refractivity contribution in [2.75, 3.05) is 14.2 Å². The van der Waals surface area contributed by atoms with Crippen LogP contribution in [-0.2, 0) is 20.8 Å². The first-order chi connectivity index (χ1) is 7.17. The molecule has 0 saturated heterocycles. The molecule has 0 saturated carbocycles. The minimum Gasteiger partial charge on any atom is -1.00 e. The summed E-state index contributed by atoms with van der Waals surface area (Å²) >= 11 is 0. The molecule has 1 heterocycles. The number of esters is 2. The average molecular weight is 290 g/mol. The Hall–Kier alpha value is -1.43. The third kappa shape index (κ3) is 3.98. The standard InChI is InChI=1S/C10H12NO4.BrH/c1-14-9(12)7-11-5-3-8(4-6-11)10(13)15-2;/h3-6H,7H2,1-2H3;1H/q+1;/p-1. The van der Waals surface area contributed by atoms with Crippen LogP contribution in [-0.4, -0.2) is 26.2 Å². The molecule has 0 aliphatic heterocycles. The van der Waals surface area contributed by atoms with E-state index in [2.05, 4.69) is 9.47 Å². The summed E-state index contributed by atoms with van der Waals surface area (Å²) in [5.41, 5.74) is 0.443. The Balaban J connectivity index is 0.00000225. The van der Waals surface area contributed by atoms with E-state index in [-0.39, 0.29) is 29.5 Å². The molecular formula is C10H12BrNO4. The number of carbonyl (C=O) groups excluding carboxylic acids is 2. The fraction of sp³-hybridized carbons (Fsp3) is 0.300. The van der Waals surface area contributed by atoms with Crippen LogP contribution in [0.5, 0.6) is 0 Å². The summed E-state index contributed by atoms with van der Waals surface area (Å²) in [5.74, 6) is -0.744. The van der Waals surface area contributed by atoms with E-state index in [9.17, 15) is 9.59 Å². The maximum absolute atomic E-state index is 11.1. The maximum Gasteiger partial charge on any atom is 0.372 e. The van der Waals surface area contributed by atoms with Gasteiger partial charge in [0.05, 0.1) is 19.8 Å². The Morgan fingerprint density at radius 1 is 1.19 bits per heavy atom. The number of rotatable bonds is 3. The van der Waals surface area contributed by atoms with E-state index in [4.69, 9.17) is 0 Å². The molecule has 0 bridgehead atoms. The first-order valence-corrected chi connectivity index (χ1v) is 4.31. The number of hydrogen-bond donors (Lipinski definition) is 0. The first-order valence-electron chi connectivity index (χ1n) is 4.31. The normalized spacial score (nSPS) is 8.88. The molecule has 0 spiro atoms. The molecule has 0 fully saturated rings. The smallest absolute Gasteiger partial charge is 0.372 e. The minimum absolute atomic E-state index is 0. The second-order valence-electron chi connectivity index (χ2n) is 2.83. The van der Waals surface area contributed by atoms with Gasteiger partial charge in [0.25, 0.3) is 0 Å². The predicted molar refractivity (Wildman–Crippen MR) is 50.0 cm³/mol. The van der Waals surface area contributed by atoms with Gasteiger partial charge in [0.2, 0.25) is 6.54 Å². The van der Waals surface area contributed by atoms with Crippen LogP contribution in [0.1, 0.15) is 10.4 Å². The van der Waals surface area contributed by atoms with Gasteiger partial charge in [0, 0.05) is 12.1 Å². The van der Waals surface area contributed by atoms with Crippen molar-refractivity contribution in [1.82, 2.24) is 0 Å². The van der Waals surface area contributed by atoms with Gasteiger partial charge in [-0.2, -0.15) is 4.57 Å². The molecular weight excluding hydrogens is 278 g/mol. The SMILES string of the molecule is COC(=O)C[n+]1ccc(C(=O)OC)cc1.[Br-]. The summed E-state index contributed by atoms with van der Waals surface area (Å²) in [6, 6.07) is 3.16. The van der Waals surface area contributed by atoms with Gasteiger partial charge in [-0.25, -0.2) is 9.59 Å². The van der Waals surface area contributed by atoms with E-state index in [1.807, 2.05) is 0 Å². The molecule has 1 aromatic rings. The fourth-order valence-electron chi connectivity index (χ4n) is 1.03. The molecule has 88 valence electrons. The van der Waals surface area contributed by atoms with Crippen molar-refractivity contribution in [2.24, 2.45) is 0 Å². The van der Waals surface area contributed by atoms with Gasteiger partial charge in [-0.1, -0.05) is 0 Å². The molecule has 0 atom stereocenters. The highest BCUT2D eigenvalue weighted by atomic mass is 79.9. The summed E-state index contributed by atoms with van der Waals surface area (Å²) in [7, 11) is 2.64. The molecule has 0 unspecified atom stereocenters. The third-order valence-electron chi connectivity index (χ3n) is 1.85. The zero-order valence-corrected chi connectivity index (χ0v) is 10.6. The minimum atomic E-state index is -0.403. The Morgan fingerprint density at radius 3 is 2.19 bits per heavy atom. The average Bonchev–Trinajstić information content (AvgIpc) is 2.29. The Labute approximate surface area is 104 Å². The Kier molecular flexibility index (Phi) is 6.32. The van der Waals surface area contributed by atoms with Gasteiger partial charge >= 0.3 is 11.9 Å². The van der Waals surface area contributed by atoms with Crippen LogP contribution in [0.15, 0.2) is 24.5 Å². The molecule has 0 amide bonds. The highest BCUT2D eigenvalue weighted by Gasteiger charge is 2.11. The van der Waals surface area contributed by atoms with E-state index in [1.165, 1.54) is 14.2 Å². The molecule has 1 rings (SSSR count). The monoisotopic (exact) mass is 289 g/mol. The van der Waals surface area contributed by atoms with Crippen LogP contribution < -0.4 is 21.5 Å². The highest BCUT2D eigenvalue weighted by Crippen LogP contribution is 1.96. The second-order valence-corrected chi connectivity index (χ2v) is 2.83. The third-order valence-corrected chi connectivity index (χ3v) is 1.85. The Morgan fingerprint density at radius 2 is 1.75 bits per heavy atom.